The van der Waals surface area contributed by atoms with Crippen LogP contribution in [0.4, 0.5) is 5.82 Å². The molecule has 0 unspecified atom stereocenters. The van der Waals surface area contributed by atoms with Crippen molar-refractivity contribution >= 4 is 16.9 Å². The standard InChI is InChI=1S/C10H11N3/c1-2-7-3-4-8-9(5-7)12-6-10(11)13-8/h3-6H,2H2,1H3,(H2,11,13). The summed E-state index contributed by atoms with van der Waals surface area (Å²) in [6, 6.07) is 6.05. The maximum Gasteiger partial charge on any atom is 0.142 e. The molecule has 0 bridgehead atoms. The fourth-order valence-corrected chi connectivity index (χ4v) is 1.29. The Kier molecular flexibility index (Phi) is 1.85. The zero-order valence-corrected chi connectivity index (χ0v) is 7.49. The summed E-state index contributed by atoms with van der Waals surface area (Å²) in [6.45, 7) is 2.12. The molecule has 0 atom stereocenters. The van der Waals surface area contributed by atoms with Gasteiger partial charge >= 0.3 is 0 Å². The van der Waals surface area contributed by atoms with Gasteiger partial charge in [0.1, 0.15) is 5.82 Å². The van der Waals surface area contributed by atoms with Crippen LogP contribution in [0.1, 0.15) is 12.5 Å². The van der Waals surface area contributed by atoms with Crippen LogP contribution in [0.25, 0.3) is 11.0 Å². The van der Waals surface area contributed by atoms with Gasteiger partial charge in [0.15, 0.2) is 0 Å². The van der Waals surface area contributed by atoms with E-state index in [1.165, 1.54) is 5.56 Å². The van der Waals surface area contributed by atoms with E-state index in [2.05, 4.69) is 23.0 Å². The van der Waals surface area contributed by atoms with E-state index in [4.69, 9.17) is 5.73 Å². The largest absolute Gasteiger partial charge is 0.382 e. The molecular weight excluding hydrogens is 162 g/mol. The van der Waals surface area contributed by atoms with E-state index in [0.717, 1.165) is 17.5 Å². The number of hydrogen-bond donors (Lipinski definition) is 1. The minimum absolute atomic E-state index is 0.469. The van der Waals surface area contributed by atoms with Crippen LogP contribution >= 0.6 is 0 Å². The van der Waals surface area contributed by atoms with Gasteiger partial charge in [0.05, 0.1) is 17.2 Å². The third-order valence-corrected chi connectivity index (χ3v) is 2.03. The molecule has 3 nitrogen and oxygen atoms in total. The summed E-state index contributed by atoms with van der Waals surface area (Å²) >= 11 is 0. The van der Waals surface area contributed by atoms with E-state index in [1.807, 2.05) is 12.1 Å². The summed E-state index contributed by atoms with van der Waals surface area (Å²) in [6.07, 6.45) is 2.60. The van der Waals surface area contributed by atoms with E-state index in [0.29, 0.717) is 5.82 Å². The molecule has 1 aromatic heterocycles. The third kappa shape index (κ3) is 1.45. The van der Waals surface area contributed by atoms with Crippen molar-refractivity contribution in [1.82, 2.24) is 9.97 Å². The molecule has 1 heterocycles. The molecule has 0 aliphatic heterocycles. The molecule has 2 N–H and O–H groups in total. The van der Waals surface area contributed by atoms with Crippen molar-refractivity contribution in [2.75, 3.05) is 5.73 Å². The minimum Gasteiger partial charge on any atom is -0.382 e. The summed E-state index contributed by atoms with van der Waals surface area (Å²) in [7, 11) is 0. The molecule has 0 fully saturated rings. The molecule has 0 spiro atoms. The molecule has 0 saturated carbocycles. The number of aryl methyl sites for hydroxylation is 1. The predicted molar refractivity (Wildman–Crippen MR) is 53.3 cm³/mol. The van der Waals surface area contributed by atoms with E-state index < -0.39 is 0 Å². The molecule has 1 aromatic carbocycles. The summed E-state index contributed by atoms with van der Waals surface area (Å²) in [4.78, 5) is 8.37. The molecule has 0 saturated heterocycles. The molecule has 0 amide bonds. The normalized spacial score (nSPS) is 10.5. The maximum absolute atomic E-state index is 5.52. The number of fused-ring (bicyclic) bond motifs is 1. The van der Waals surface area contributed by atoms with Crippen molar-refractivity contribution in [2.45, 2.75) is 13.3 Å². The fraction of sp³-hybridized carbons (Fsp3) is 0.200. The van der Waals surface area contributed by atoms with Gasteiger partial charge in [-0.3, -0.25) is 4.98 Å². The van der Waals surface area contributed by atoms with Gasteiger partial charge in [0.25, 0.3) is 0 Å². The Balaban J connectivity index is 2.66. The van der Waals surface area contributed by atoms with Gasteiger partial charge in [-0.05, 0) is 24.1 Å². The molecule has 0 aliphatic carbocycles. The highest BCUT2D eigenvalue weighted by atomic mass is 14.9. The predicted octanol–water partition coefficient (Wildman–Crippen LogP) is 1.77. The number of nitrogen functional groups attached to an aromatic ring is 1. The molecule has 2 rings (SSSR count). The molecule has 66 valence electrons. The first kappa shape index (κ1) is 7.98. The van der Waals surface area contributed by atoms with Crippen LogP contribution in [-0.4, -0.2) is 9.97 Å². The van der Waals surface area contributed by atoms with Crippen LogP contribution in [0.15, 0.2) is 24.4 Å². The number of rotatable bonds is 1. The smallest absolute Gasteiger partial charge is 0.142 e. The zero-order chi connectivity index (χ0) is 9.26. The second-order valence-electron chi connectivity index (χ2n) is 2.97. The summed E-state index contributed by atoms with van der Waals surface area (Å²) in [5.74, 6) is 0.469. The Labute approximate surface area is 76.6 Å². The SMILES string of the molecule is CCc1ccc2nc(N)cnc2c1. The number of nitrogens with zero attached hydrogens (tertiary/aromatic N) is 2. The number of aromatic nitrogens is 2. The zero-order valence-electron chi connectivity index (χ0n) is 7.49. The molecule has 13 heavy (non-hydrogen) atoms. The average molecular weight is 173 g/mol. The Morgan fingerprint density at radius 2 is 2.15 bits per heavy atom. The minimum atomic E-state index is 0.469. The van der Waals surface area contributed by atoms with Crippen LogP contribution in [0.5, 0.6) is 0 Å². The molecule has 2 aromatic rings. The van der Waals surface area contributed by atoms with E-state index >= 15 is 0 Å². The highest BCUT2D eigenvalue weighted by Crippen LogP contribution is 2.12. The molecular formula is C10H11N3. The summed E-state index contributed by atoms with van der Waals surface area (Å²) in [5, 5.41) is 0. The Morgan fingerprint density at radius 1 is 1.31 bits per heavy atom. The van der Waals surface area contributed by atoms with Gasteiger partial charge in [0, 0.05) is 0 Å². The number of nitrogens with two attached hydrogens (primary N) is 1. The lowest BCUT2D eigenvalue weighted by molar-refractivity contribution is 1.14. The Bertz CT molecular complexity index is 437. The number of benzene rings is 1. The first-order valence-corrected chi connectivity index (χ1v) is 4.31. The van der Waals surface area contributed by atoms with Gasteiger partial charge in [-0.25, -0.2) is 4.98 Å². The fourth-order valence-electron chi connectivity index (χ4n) is 1.29. The number of hydrogen-bond acceptors (Lipinski definition) is 3. The lowest BCUT2D eigenvalue weighted by Crippen LogP contribution is -1.92. The van der Waals surface area contributed by atoms with Gasteiger partial charge in [-0.2, -0.15) is 0 Å². The highest BCUT2D eigenvalue weighted by Gasteiger charge is 1.97. The first-order chi connectivity index (χ1) is 6.29. The number of anilines is 1. The lowest BCUT2D eigenvalue weighted by Gasteiger charge is -2.00. The van der Waals surface area contributed by atoms with Gasteiger partial charge < -0.3 is 5.73 Å². The molecule has 3 heteroatoms. The maximum atomic E-state index is 5.52. The lowest BCUT2D eigenvalue weighted by atomic mass is 10.1. The first-order valence-electron chi connectivity index (χ1n) is 4.31. The van der Waals surface area contributed by atoms with Crippen molar-refractivity contribution in [3.63, 3.8) is 0 Å². The van der Waals surface area contributed by atoms with Crippen LogP contribution < -0.4 is 5.73 Å². The Hall–Kier alpha value is -1.64. The second-order valence-corrected chi connectivity index (χ2v) is 2.97. The topological polar surface area (TPSA) is 51.8 Å². The summed E-state index contributed by atoms with van der Waals surface area (Å²) < 4.78 is 0. The van der Waals surface area contributed by atoms with Crippen molar-refractivity contribution in [3.05, 3.63) is 30.0 Å². The van der Waals surface area contributed by atoms with Crippen molar-refractivity contribution in [2.24, 2.45) is 0 Å². The quantitative estimate of drug-likeness (QED) is 0.715. The van der Waals surface area contributed by atoms with Crippen molar-refractivity contribution in [1.29, 1.82) is 0 Å². The van der Waals surface area contributed by atoms with E-state index in [-0.39, 0.29) is 0 Å². The van der Waals surface area contributed by atoms with Crippen molar-refractivity contribution in [3.8, 4) is 0 Å². The summed E-state index contributed by atoms with van der Waals surface area (Å²) in [5.41, 5.74) is 8.56. The highest BCUT2D eigenvalue weighted by molar-refractivity contribution is 5.75. The van der Waals surface area contributed by atoms with Crippen LogP contribution in [0.3, 0.4) is 0 Å². The second kappa shape index (κ2) is 3.01. The molecule has 0 aliphatic rings. The van der Waals surface area contributed by atoms with Crippen LogP contribution in [0.2, 0.25) is 0 Å². The van der Waals surface area contributed by atoms with Gasteiger partial charge in [-0.15, -0.1) is 0 Å². The average Bonchev–Trinajstić information content (AvgIpc) is 2.17. The van der Waals surface area contributed by atoms with Gasteiger partial charge in [-0.1, -0.05) is 13.0 Å². The molecule has 0 radical (unpaired) electrons. The van der Waals surface area contributed by atoms with Crippen LogP contribution in [-0.2, 0) is 6.42 Å². The Morgan fingerprint density at radius 3 is 2.92 bits per heavy atom. The monoisotopic (exact) mass is 173 g/mol. The van der Waals surface area contributed by atoms with Gasteiger partial charge in [0.2, 0.25) is 0 Å². The van der Waals surface area contributed by atoms with Crippen molar-refractivity contribution < 1.29 is 0 Å². The van der Waals surface area contributed by atoms with Crippen LogP contribution in [0, 0.1) is 0 Å². The third-order valence-electron chi connectivity index (χ3n) is 2.03. The van der Waals surface area contributed by atoms with E-state index in [9.17, 15) is 0 Å². The van der Waals surface area contributed by atoms with E-state index in [1.54, 1.807) is 6.20 Å².